The largest absolute Gasteiger partial charge is 0.445 e. The maximum atomic E-state index is 12.4. The minimum Gasteiger partial charge on any atom is -0.357 e. The van der Waals surface area contributed by atoms with Gasteiger partial charge >= 0.3 is 6.18 Å². The summed E-state index contributed by atoms with van der Waals surface area (Å²) in [7, 11) is 3.92. The predicted molar refractivity (Wildman–Crippen MR) is 70.3 cm³/mol. The summed E-state index contributed by atoms with van der Waals surface area (Å²) in [5, 5.41) is 8.97. The first kappa shape index (κ1) is 16.2. The predicted octanol–water partition coefficient (Wildman–Crippen LogP) is 2.95. The smallest absolute Gasteiger partial charge is 0.357 e. The van der Waals surface area contributed by atoms with Gasteiger partial charge in [0.25, 0.3) is 0 Å². The molecule has 0 aliphatic carbocycles. The van der Waals surface area contributed by atoms with Crippen LogP contribution < -0.4 is 5.32 Å². The van der Waals surface area contributed by atoms with Gasteiger partial charge in [-0.1, -0.05) is 25.2 Å². The molecule has 19 heavy (non-hydrogen) atoms. The first-order chi connectivity index (χ1) is 8.52. The number of halogens is 3. The molecule has 8 heteroatoms. The van der Waals surface area contributed by atoms with Crippen molar-refractivity contribution in [2.24, 2.45) is 5.41 Å². The fraction of sp³-hybridized carbons (Fsp3) is 0.818. The lowest BCUT2D eigenvalue weighted by molar-refractivity contribution is -0.138. The van der Waals surface area contributed by atoms with E-state index in [4.69, 9.17) is 0 Å². The monoisotopic (exact) mass is 296 g/mol. The van der Waals surface area contributed by atoms with Crippen molar-refractivity contribution in [2.75, 3.05) is 26.0 Å². The Hall–Kier alpha value is -0.890. The van der Waals surface area contributed by atoms with Gasteiger partial charge in [-0.15, -0.1) is 10.2 Å². The molecule has 1 aromatic rings. The van der Waals surface area contributed by atoms with Crippen molar-refractivity contribution in [2.45, 2.75) is 33.0 Å². The average molecular weight is 296 g/mol. The minimum absolute atomic E-state index is 0.0241. The van der Waals surface area contributed by atoms with E-state index in [9.17, 15) is 13.2 Å². The third-order valence-electron chi connectivity index (χ3n) is 2.90. The molecule has 0 bridgehead atoms. The van der Waals surface area contributed by atoms with Gasteiger partial charge in [-0.05, 0) is 26.4 Å². The molecule has 0 radical (unpaired) electrons. The van der Waals surface area contributed by atoms with Crippen LogP contribution in [0.5, 0.6) is 0 Å². The number of hydrogen-bond donors (Lipinski definition) is 1. The third kappa shape index (κ3) is 4.61. The van der Waals surface area contributed by atoms with Crippen molar-refractivity contribution in [3.8, 4) is 0 Å². The summed E-state index contributed by atoms with van der Waals surface area (Å²) in [6.45, 7) is 6.84. The first-order valence-corrected chi connectivity index (χ1v) is 6.66. The summed E-state index contributed by atoms with van der Waals surface area (Å²) >= 11 is 0.531. The Kier molecular flexibility index (Phi) is 4.78. The molecule has 1 rings (SSSR count). The molecule has 1 aromatic heterocycles. The van der Waals surface area contributed by atoms with Gasteiger partial charge < -0.3 is 10.2 Å². The Morgan fingerprint density at radius 3 is 2.26 bits per heavy atom. The highest BCUT2D eigenvalue weighted by Gasteiger charge is 2.36. The molecular weight excluding hydrogens is 277 g/mol. The Morgan fingerprint density at radius 2 is 1.84 bits per heavy atom. The maximum Gasteiger partial charge on any atom is 0.445 e. The van der Waals surface area contributed by atoms with Crippen LogP contribution in [0.25, 0.3) is 0 Å². The Labute approximate surface area is 115 Å². The summed E-state index contributed by atoms with van der Waals surface area (Å²) in [5.74, 6) is 0. The van der Waals surface area contributed by atoms with E-state index in [-0.39, 0.29) is 16.6 Å². The molecule has 1 atom stereocenters. The first-order valence-electron chi connectivity index (χ1n) is 5.84. The quantitative estimate of drug-likeness (QED) is 0.907. The lowest BCUT2D eigenvalue weighted by atomic mass is 9.85. The highest BCUT2D eigenvalue weighted by molar-refractivity contribution is 7.15. The molecule has 1 unspecified atom stereocenters. The number of alkyl halides is 3. The van der Waals surface area contributed by atoms with Crippen LogP contribution in [0.15, 0.2) is 0 Å². The molecule has 1 N–H and O–H groups in total. The maximum absolute atomic E-state index is 12.4. The SMILES string of the molecule is CC(Nc1nnc(C(F)(F)F)s1)C(C)(C)CN(C)C. The summed E-state index contributed by atoms with van der Waals surface area (Å²) in [6.07, 6.45) is -4.43. The molecule has 0 aliphatic heterocycles. The van der Waals surface area contributed by atoms with Gasteiger partial charge in [0.2, 0.25) is 10.1 Å². The van der Waals surface area contributed by atoms with Gasteiger partial charge in [-0.25, -0.2) is 0 Å². The van der Waals surface area contributed by atoms with Crippen molar-refractivity contribution in [3.05, 3.63) is 5.01 Å². The fourth-order valence-electron chi connectivity index (χ4n) is 1.73. The molecule has 0 aromatic carbocycles. The molecule has 0 fully saturated rings. The molecule has 0 aliphatic rings. The van der Waals surface area contributed by atoms with E-state index in [0.717, 1.165) is 6.54 Å². The second kappa shape index (κ2) is 5.62. The zero-order chi connectivity index (χ0) is 14.8. The van der Waals surface area contributed by atoms with Crippen molar-refractivity contribution >= 4 is 16.5 Å². The van der Waals surface area contributed by atoms with E-state index in [1.54, 1.807) is 0 Å². The van der Waals surface area contributed by atoms with Crippen LogP contribution in [0, 0.1) is 5.41 Å². The number of hydrogen-bond acceptors (Lipinski definition) is 5. The van der Waals surface area contributed by atoms with Gasteiger partial charge in [0.1, 0.15) is 0 Å². The molecule has 1 heterocycles. The van der Waals surface area contributed by atoms with E-state index < -0.39 is 11.2 Å². The second-order valence-corrected chi connectivity index (χ2v) is 6.48. The van der Waals surface area contributed by atoms with E-state index in [1.807, 2.05) is 25.9 Å². The van der Waals surface area contributed by atoms with Crippen molar-refractivity contribution in [3.63, 3.8) is 0 Å². The molecular formula is C11H19F3N4S. The van der Waals surface area contributed by atoms with Crippen LogP contribution in [-0.4, -0.2) is 41.8 Å². The number of anilines is 1. The van der Waals surface area contributed by atoms with E-state index in [2.05, 4.69) is 29.4 Å². The van der Waals surface area contributed by atoms with Crippen LogP contribution >= 0.6 is 11.3 Å². The zero-order valence-electron chi connectivity index (χ0n) is 11.7. The van der Waals surface area contributed by atoms with Crippen molar-refractivity contribution in [1.29, 1.82) is 0 Å². The van der Waals surface area contributed by atoms with Gasteiger partial charge in [-0.3, -0.25) is 0 Å². The third-order valence-corrected chi connectivity index (χ3v) is 3.80. The number of nitrogens with one attached hydrogen (secondary N) is 1. The molecule has 4 nitrogen and oxygen atoms in total. The number of aromatic nitrogens is 2. The molecule has 0 amide bonds. The number of nitrogens with zero attached hydrogens (tertiary/aromatic N) is 3. The normalized spacial score (nSPS) is 14.8. The van der Waals surface area contributed by atoms with Gasteiger partial charge in [0, 0.05) is 12.6 Å². The summed E-state index contributed by atoms with van der Waals surface area (Å²) < 4.78 is 37.3. The average Bonchev–Trinajstić information content (AvgIpc) is 2.63. The molecule has 0 spiro atoms. The highest BCUT2D eigenvalue weighted by atomic mass is 32.1. The van der Waals surface area contributed by atoms with Crippen LogP contribution in [-0.2, 0) is 6.18 Å². The van der Waals surface area contributed by atoms with E-state index >= 15 is 0 Å². The van der Waals surface area contributed by atoms with Gasteiger partial charge in [0.05, 0.1) is 0 Å². The Balaban J connectivity index is 2.72. The van der Waals surface area contributed by atoms with E-state index in [0.29, 0.717) is 11.3 Å². The molecule has 0 saturated heterocycles. The van der Waals surface area contributed by atoms with Crippen LogP contribution in [0.1, 0.15) is 25.8 Å². The molecule has 0 saturated carbocycles. The lowest BCUT2D eigenvalue weighted by Crippen LogP contribution is -2.41. The second-order valence-electron chi connectivity index (χ2n) is 5.50. The van der Waals surface area contributed by atoms with Crippen LogP contribution in [0.2, 0.25) is 0 Å². The van der Waals surface area contributed by atoms with Crippen LogP contribution in [0.3, 0.4) is 0 Å². The Morgan fingerprint density at radius 1 is 1.26 bits per heavy atom. The lowest BCUT2D eigenvalue weighted by Gasteiger charge is -2.34. The summed E-state index contributed by atoms with van der Waals surface area (Å²) in [4.78, 5) is 2.04. The van der Waals surface area contributed by atoms with Gasteiger partial charge in [-0.2, -0.15) is 13.2 Å². The van der Waals surface area contributed by atoms with E-state index in [1.165, 1.54) is 0 Å². The van der Waals surface area contributed by atoms with Gasteiger partial charge in [0.15, 0.2) is 0 Å². The number of rotatable bonds is 5. The fourth-order valence-corrected chi connectivity index (χ4v) is 2.43. The standard InChI is InChI=1S/C11H19F3N4S/c1-7(10(2,3)6-18(4)5)15-9-17-16-8(19-9)11(12,13)14/h7H,6H2,1-5H3,(H,15,17). The molecule has 110 valence electrons. The van der Waals surface area contributed by atoms with Crippen molar-refractivity contribution in [1.82, 2.24) is 15.1 Å². The van der Waals surface area contributed by atoms with Crippen molar-refractivity contribution < 1.29 is 13.2 Å². The van der Waals surface area contributed by atoms with Crippen LogP contribution in [0.4, 0.5) is 18.3 Å². The zero-order valence-corrected chi connectivity index (χ0v) is 12.5. The highest BCUT2D eigenvalue weighted by Crippen LogP contribution is 2.34. The minimum atomic E-state index is -4.43. The summed E-state index contributed by atoms with van der Waals surface area (Å²) in [6, 6.07) is -0.0241. The topological polar surface area (TPSA) is 41.1 Å². The summed E-state index contributed by atoms with van der Waals surface area (Å²) in [5.41, 5.74) is -0.104. The Bertz CT molecular complexity index is 414.